The van der Waals surface area contributed by atoms with Crippen LogP contribution in [0.1, 0.15) is 23.6 Å². The third kappa shape index (κ3) is 1.95. The highest BCUT2D eigenvalue weighted by Gasteiger charge is 2.17. The summed E-state index contributed by atoms with van der Waals surface area (Å²) < 4.78 is 11.0. The molecule has 1 heterocycles. The third-order valence-electron chi connectivity index (χ3n) is 2.64. The Hall–Kier alpha value is -1.73. The van der Waals surface area contributed by atoms with E-state index < -0.39 is 0 Å². The van der Waals surface area contributed by atoms with Crippen molar-refractivity contribution < 1.29 is 9.47 Å². The number of nitriles is 1. The second kappa shape index (κ2) is 4.42. The number of nitrogens with two attached hydrogens (primary N) is 1. The van der Waals surface area contributed by atoms with Crippen LogP contribution in [-0.4, -0.2) is 13.2 Å². The first-order chi connectivity index (χ1) is 7.72. The fourth-order valence-corrected chi connectivity index (χ4v) is 1.81. The topological polar surface area (TPSA) is 68.3 Å². The van der Waals surface area contributed by atoms with Crippen molar-refractivity contribution in [1.82, 2.24) is 0 Å². The highest BCUT2D eigenvalue weighted by atomic mass is 16.6. The maximum absolute atomic E-state index is 8.64. The molecule has 0 bridgehead atoms. The van der Waals surface area contributed by atoms with E-state index in [1.807, 2.05) is 19.1 Å². The maximum Gasteiger partial charge on any atom is 0.161 e. The lowest BCUT2D eigenvalue weighted by molar-refractivity contribution is 0.171. The lowest BCUT2D eigenvalue weighted by Crippen LogP contribution is -2.17. The van der Waals surface area contributed by atoms with Crippen LogP contribution in [0, 0.1) is 18.3 Å². The molecule has 2 N–H and O–H groups in total. The summed E-state index contributed by atoms with van der Waals surface area (Å²) >= 11 is 0. The predicted molar refractivity (Wildman–Crippen MR) is 59.3 cm³/mol. The molecule has 0 amide bonds. The van der Waals surface area contributed by atoms with Crippen molar-refractivity contribution in [3.63, 3.8) is 0 Å². The minimum absolute atomic E-state index is 0.263. The zero-order chi connectivity index (χ0) is 11.5. The predicted octanol–water partition coefficient (Wildman–Crippen LogP) is 1.68. The molecule has 0 radical (unpaired) electrons. The number of ether oxygens (including phenoxy) is 2. The van der Waals surface area contributed by atoms with Gasteiger partial charge in [0.15, 0.2) is 11.5 Å². The first-order valence-electron chi connectivity index (χ1n) is 5.25. The molecular formula is C12H14N2O2. The van der Waals surface area contributed by atoms with Crippen molar-refractivity contribution in [3.8, 4) is 17.6 Å². The molecular weight excluding hydrogens is 204 g/mol. The van der Waals surface area contributed by atoms with Gasteiger partial charge in [-0.1, -0.05) is 0 Å². The molecule has 1 atom stereocenters. The summed E-state index contributed by atoms with van der Waals surface area (Å²) in [4.78, 5) is 0. The summed E-state index contributed by atoms with van der Waals surface area (Å²) in [6, 6.07) is 5.61. The Morgan fingerprint density at radius 1 is 1.38 bits per heavy atom. The SMILES string of the molecule is Cc1cc2c(cc1C(N)CC#N)OCCO2. The highest BCUT2D eigenvalue weighted by molar-refractivity contribution is 5.48. The molecule has 0 saturated heterocycles. The van der Waals surface area contributed by atoms with Gasteiger partial charge >= 0.3 is 0 Å². The largest absolute Gasteiger partial charge is 0.486 e. The number of nitrogens with zero attached hydrogens (tertiary/aromatic N) is 1. The van der Waals surface area contributed by atoms with Crippen molar-refractivity contribution in [2.75, 3.05) is 13.2 Å². The fourth-order valence-electron chi connectivity index (χ4n) is 1.81. The van der Waals surface area contributed by atoms with Crippen LogP contribution in [0.25, 0.3) is 0 Å². The van der Waals surface area contributed by atoms with E-state index in [0.717, 1.165) is 22.6 Å². The summed E-state index contributed by atoms with van der Waals surface area (Å²) in [5.41, 5.74) is 7.90. The van der Waals surface area contributed by atoms with E-state index in [1.165, 1.54) is 0 Å². The van der Waals surface area contributed by atoms with Crippen LogP contribution in [0.5, 0.6) is 11.5 Å². The molecule has 1 unspecified atom stereocenters. The summed E-state index contributed by atoms with van der Waals surface area (Å²) in [5.74, 6) is 1.48. The Balaban J connectivity index is 2.36. The Morgan fingerprint density at radius 2 is 2.00 bits per heavy atom. The van der Waals surface area contributed by atoms with Crippen LogP contribution in [0.15, 0.2) is 12.1 Å². The zero-order valence-corrected chi connectivity index (χ0v) is 9.19. The highest BCUT2D eigenvalue weighted by Crippen LogP contribution is 2.35. The molecule has 0 spiro atoms. The Bertz CT molecular complexity index is 437. The van der Waals surface area contributed by atoms with E-state index in [2.05, 4.69) is 6.07 Å². The Labute approximate surface area is 94.6 Å². The van der Waals surface area contributed by atoms with Gasteiger partial charge in [-0.2, -0.15) is 5.26 Å². The molecule has 0 fully saturated rings. The summed E-state index contributed by atoms with van der Waals surface area (Å²) in [6.07, 6.45) is 0.306. The zero-order valence-electron chi connectivity index (χ0n) is 9.19. The second-order valence-electron chi connectivity index (χ2n) is 3.82. The van der Waals surface area contributed by atoms with Crippen LogP contribution in [-0.2, 0) is 0 Å². The molecule has 4 heteroatoms. The number of fused-ring (bicyclic) bond motifs is 1. The minimum Gasteiger partial charge on any atom is -0.486 e. The lowest BCUT2D eigenvalue weighted by atomic mass is 9.99. The standard InChI is InChI=1S/C12H14N2O2/c1-8-6-11-12(16-5-4-15-11)7-9(8)10(14)2-3-13/h6-7,10H,2,4-5,14H2,1H3. The van der Waals surface area contributed by atoms with E-state index >= 15 is 0 Å². The Morgan fingerprint density at radius 3 is 2.62 bits per heavy atom. The molecule has 1 aromatic rings. The van der Waals surface area contributed by atoms with Gasteiger partial charge in [0.25, 0.3) is 0 Å². The number of hydrogen-bond acceptors (Lipinski definition) is 4. The average molecular weight is 218 g/mol. The van der Waals surface area contributed by atoms with Gasteiger partial charge in [0, 0.05) is 6.04 Å². The van der Waals surface area contributed by atoms with Crippen LogP contribution < -0.4 is 15.2 Å². The van der Waals surface area contributed by atoms with Gasteiger partial charge in [-0.15, -0.1) is 0 Å². The number of benzene rings is 1. The van der Waals surface area contributed by atoms with Crippen LogP contribution >= 0.6 is 0 Å². The average Bonchev–Trinajstić information content (AvgIpc) is 2.28. The second-order valence-corrected chi connectivity index (χ2v) is 3.82. The normalized spacial score (nSPS) is 15.3. The van der Waals surface area contributed by atoms with Crippen molar-refractivity contribution in [1.29, 1.82) is 5.26 Å². The number of hydrogen-bond donors (Lipinski definition) is 1. The first kappa shape index (κ1) is 10.8. The van der Waals surface area contributed by atoms with Crippen molar-refractivity contribution >= 4 is 0 Å². The molecule has 1 aliphatic heterocycles. The molecule has 1 aliphatic rings. The lowest BCUT2D eigenvalue weighted by Gasteiger charge is -2.21. The van der Waals surface area contributed by atoms with E-state index in [4.69, 9.17) is 20.5 Å². The molecule has 2 rings (SSSR count). The quantitative estimate of drug-likeness (QED) is 0.820. The van der Waals surface area contributed by atoms with E-state index in [0.29, 0.717) is 19.6 Å². The first-order valence-corrected chi connectivity index (χ1v) is 5.25. The van der Waals surface area contributed by atoms with Crippen LogP contribution in [0.4, 0.5) is 0 Å². The van der Waals surface area contributed by atoms with E-state index in [-0.39, 0.29) is 6.04 Å². The van der Waals surface area contributed by atoms with Crippen molar-refractivity contribution in [3.05, 3.63) is 23.3 Å². The molecule has 84 valence electrons. The van der Waals surface area contributed by atoms with E-state index in [9.17, 15) is 0 Å². The van der Waals surface area contributed by atoms with Crippen LogP contribution in [0.3, 0.4) is 0 Å². The fraction of sp³-hybridized carbons (Fsp3) is 0.417. The van der Waals surface area contributed by atoms with Gasteiger partial charge in [0.2, 0.25) is 0 Å². The summed E-state index contributed by atoms with van der Waals surface area (Å²) in [6.45, 7) is 3.10. The van der Waals surface area contributed by atoms with Gasteiger partial charge < -0.3 is 15.2 Å². The molecule has 0 saturated carbocycles. The van der Waals surface area contributed by atoms with Gasteiger partial charge in [-0.3, -0.25) is 0 Å². The van der Waals surface area contributed by atoms with Gasteiger partial charge in [-0.05, 0) is 30.2 Å². The summed E-state index contributed by atoms with van der Waals surface area (Å²) in [5, 5.41) is 8.64. The van der Waals surface area contributed by atoms with Crippen LogP contribution in [0.2, 0.25) is 0 Å². The molecule has 16 heavy (non-hydrogen) atoms. The molecule has 0 aliphatic carbocycles. The summed E-state index contributed by atoms with van der Waals surface area (Å²) in [7, 11) is 0. The minimum atomic E-state index is -0.263. The maximum atomic E-state index is 8.64. The van der Waals surface area contributed by atoms with E-state index in [1.54, 1.807) is 0 Å². The molecule has 1 aromatic carbocycles. The molecule has 4 nitrogen and oxygen atoms in total. The van der Waals surface area contributed by atoms with Gasteiger partial charge in [0.05, 0.1) is 12.5 Å². The van der Waals surface area contributed by atoms with Gasteiger partial charge in [-0.25, -0.2) is 0 Å². The smallest absolute Gasteiger partial charge is 0.161 e. The van der Waals surface area contributed by atoms with Crippen molar-refractivity contribution in [2.45, 2.75) is 19.4 Å². The van der Waals surface area contributed by atoms with Crippen molar-refractivity contribution in [2.24, 2.45) is 5.73 Å². The monoisotopic (exact) mass is 218 g/mol. The third-order valence-corrected chi connectivity index (χ3v) is 2.64. The van der Waals surface area contributed by atoms with Gasteiger partial charge in [0.1, 0.15) is 13.2 Å². The number of aryl methyl sites for hydroxylation is 1. The molecule has 0 aromatic heterocycles. The number of rotatable bonds is 2. The Kier molecular flexibility index (Phi) is 2.97.